The Hall–Kier alpha value is -0.700. The van der Waals surface area contributed by atoms with Gasteiger partial charge >= 0.3 is 0 Å². The van der Waals surface area contributed by atoms with Gasteiger partial charge in [0.05, 0.1) is 0 Å². The minimum absolute atomic E-state index is 0.305. The van der Waals surface area contributed by atoms with Gasteiger partial charge in [0, 0.05) is 12.8 Å². The second-order valence-electron chi connectivity index (χ2n) is 2.90. The van der Waals surface area contributed by atoms with Gasteiger partial charge in [-0.1, -0.05) is 13.8 Å². The molecule has 0 aromatic heterocycles. The molecule has 0 aliphatic carbocycles. The molecule has 0 radical (unpaired) electrons. The molecule has 1 atom stereocenters. The predicted octanol–water partition coefficient (Wildman–Crippen LogP) is 1.38. The molecule has 0 aromatic carbocycles. The first-order valence-corrected chi connectivity index (χ1v) is 3.36. The van der Waals surface area contributed by atoms with Crippen molar-refractivity contribution in [3.8, 4) is 0 Å². The van der Waals surface area contributed by atoms with E-state index in [0.717, 1.165) is 0 Å². The molecule has 1 fully saturated rings. The standard InChI is InChI=1S/C7H13NO2/c1-5(2)7(4)9-6(3)8-10-7/h5,8H,3H2,1-2,4H3. The highest BCUT2D eigenvalue weighted by Gasteiger charge is 2.37. The van der Waals surface area contributed by atoms with E-state index >= 15 is 0 Å². The Labute approximate surface area is 61.0 Å². The first-order chi connectivity index (χ1) is 4.54. The molecule has 1 aliphatic heterocycles. The van der Waals surface area contributed by atoms with Crippen molar-refractivity contribution in [2.24, 2.45) is 5.92 Å². The average molecular weight is 143 g/mol. The molecular formula is C7H13NO2. The molecule has 1 N–H and O–H groups in total. The van der Waals surface area contributed by atoms with Crippen LogP contribution in [0, 0.1) is 5.92 Å². The maximum absolute atomic E-state index is 5.28. The van der Waals surface area contributed by atoms with E-state index in [4.69, 9.17) is 9.57 Å². The molecule has 1 saturated heterocycles. The lowest BCUT2D eigenvalue weighted by Crippen LogP contribution is -2.33. The van der Waals surface area contributed by atoms with Crippen molar-refractivity contribution in [2.75, 3.05) is 0 Å². The first-order valence-electron chi connectivity index (χ1n) is 3.36. The largest absolute Gasteiger partial charge is 0.444 e. The zero-order valence-corrected chi connectivity index (χ0v) is 6.60. The normalized spacial score (nSPS) is 32.2. The molecule has 0 amide bonds. The topological polar surface area (TPSA) is 30.5 Å². The summed E-state index contributed by atoms with van der Waals surface area (Å²) in [7, 11) is 0. The second-order valence-corrected chi connectivity index (χ2v) is 2.90. The van der Waals surface area contributed by atoms with Gasteiger partial charge in [0.15, 0.2) is 0 Å². The molecular weight excluding hydrogens is 130 g/mol. The van der Waals surface area contributed by atoms with Crippen LogP contribution in [0.4, 0.5) is 0 Å². The lowest BCUT2D eigenvalue weighted by atomic mass is 10.1. The molecule has 1 aliphatic rings. The third-order valence-electron chi connectivity index (χ3n) is 1.74. The van der Waals surface area contributed by atoms with E-state index in [1.807, 2.05) is 20.8 Å². The molecule has 0 aromatic rings. The number of ether oxygens (including phenoxy) is 1. The number of hydroxylamine groups is 1. The molecule has 1 unspecified atom stereocenters. The van der Waals surface area contributed by atoms with Crippen molar-refractivity contribution >= 4 is 0 Å². The van der Waals surface area contributed by atoms with Gasteiger partial charge in [0.25, 0.3) is 0 Å². The van der Waals surface area contributed by atoms with Gasteiger partial charge in [-0.15, -0.1) is 0 Å². The molecule has 1 rings (SSSR count). The third-order valence-corrected chi connectivity index (χ3v) is 1.74. The monoisotopic (exact) mass is 143 g/mol. The van der Waals surface area contributed by atoms with Crippen LogP contribution in [-0.2, 0) is 9.57 Å². The number of rotatable bonds is 1. The highest BCUT2D eigenvalue weighted by atomic mass is 16.8. The quantitative estimate of drug-likeness (QED) is 0.601. The molecule has 0 saturated carbocycles. The van der Waals surface area contributed by atoms with Crippen LogP contribution in [0.5, 0.6) is 0 Å². The first kappa shape index (κ1) is 7.41. The summed E-state index contributed by atoms with van der Waals surface area (Å²) in [4.78, 5) is 5.14. The lowest BCUT2D eigenvalue weighted by Gasteiger charge is -2.23. The summed E-state index contributed by atoms with van der Waals surface area (Å²) in [6.07, 6.45) is 0. The Balaban J connectivity index is 2.63. The summed E-state index contributed by atoms with van der Waals surface area (Å²) >= 11 is 0. The average Bonchev–Trinajstić information content (AvgIpc) is 2.13. The van der Waals surface area contributed by atoms with Gasteiger partial charge in [-0.2, -0.15) is 0 Å². The Bertz CT molecular complexity index is 156. The molecule has 3 nitrogen and oxygen atoms in total. The van der Waals surface area contributed by atoms with Gasteiger partial charge in [-0.05, 0) is 6.58 Å². The van der Waals surface area contributed by atoms with Crippen LogP contribution in [0.25, 0.3) is 0 Å². The van der Waals surface area contributed by atoms with E-state index in [1.165, 1.54) is 0 Å². The Kier molecular flexibility index (Phi) is 1.60. The molecule has 10 heavy (non-hydrogen) atoms. The lowest BCUT2D eigenvalue weighted by molar-refractivity contribution is -0.183. The van der Waals surface area contributed by atoms with Crippen LogP contribution in [0.15, 0.2) is 12.5 Å². The fourth-order valence-corrected chi connectivity index (χ4v) is 0.680. The van der Waals surface area contributed by atoms with Crippen LogP contribution in [0.2, 0.25) is 0 Å². The summed E-state index contributed by atoms with van der Waals surface area (Å²) in [5.41, 5.74) is 2.57. The van der Waals surface area contributed by atoms with E-state index in [-0.39, 0.29) is 0 Å². The van der Waals surface area contributed by atoms with E-state index < -0.39 is 5.79 Å². The maximum Gasteiger partial charge on any atom is 0.235 e. The number of nitrogens with one attached hydrogen (secondary N) is 1. The minimum atomic E-state index is -0.545. The summed E-state index contributed by atoms with van der Waals surface area (Å²) in [6, 6.07) is 0. The summed E-state index contributed by atoms with van der Waals surface area (Å²) in [6.45, 7) is 9.51. The van der Waals surface area contributed by atoms with Gasteiger partial charge in [-0.25, -0.2) is 10.3 Å². The van der Waals surface area contributed by atoms with Crippen molar-refractivity contribution in [2.45, 2.75) is 26.6 Å². The molecule has 3 heteroatoms. The second kappa shape index (κ2) is 2.16. The van der Waals surface area contributed by atoms with Crippen molar-refractivity contribution in [3.05, 3.63) is 12.5 Å². The van der Waals surface area contributed by atoms with E-state index in [2.05, 4.69) is 12.1 Å². The highest BCUT2D eigenvalue weighted by molar-refractivity contribution is 4.86. The van der Waals surface area contributed by atoms with E-state index in [1.54, 1.807) is 0 Å². The Morgan fingerprint density at radius 1 is 1.60 bits per heavy atom. The fourth-order valence-electron chi connectivity index (χ4n) is 0.680. The Morgan fingerprint density at radius 2 is 2.20 bits per heavy atom. The third kappa shape index (κ3) is 1.09. The van der Waals surface area contributed by atoms with Gasteiger partial charge < -0.3 is 4.74 Å². The molecule has 0 bridgehead atoms. The van der Waals surface area contributed by atoms with Crippen LogP contribution in [-0.4, -0.2) is 5.79 Å². The molecule has 0 spiro atoms. The van der Waals surface area contributed by atoms with Crippen molar-refractivity contribution in [1.82, 2.24) is 5.48 Å². The minimum Gasteiger partial charge on any atom is -0.444 e. The maximum atomic E-state index is 5.28. The zero-order chi connectivity index (χ0) is 7.78. The van der Waals surface area contributed by atoms with Gasteiger partial charge in [-0.3, -0.25) is 0 Å². The van der Waals surface area contributed by atoms with Crippen LogP contribution < -0.4 is 5.48 Å². The predicted molar refractivity (Wildman–Crippen MR) is 37.7 cm³/mol. The van der Waals surface area contributed by atoms with Crippen molar-refractivity contribution in [1.29, 1.82) is 0 Å². The SMILES string of the molecule is C=C1NOC(C)(C(C)C)O1. The Morgan fingerprint density at radius 3 is 2.40 bits per heavy atom. The molecule has 58 valence electrons. The van der Waals surface area contributed by atoms with Gasteiger partial charge in [0.1, 0.15) is 0 Å². The van der Waals surface area contributed by atoms with Crippen molar-refractivity contribution < 1.29 is 9.57 Å². The van der Waals surface area contributed by atoms with E-state index in [0.29, 0.717) is 11.8 Å². The van der Waals surface area contributed by atoms with E-state index in [9.17, 15) is 0 Å². The highest BCUT2D eigenvalue weighted by Crippen LogP contribution is 2.28. The fraction of sp³-hybridized carbons (Fsp3) is 0.714. The molecule has 1 heterocycles. The van der Waals surface area contributed by atoms with Crippen molar-refractivity contribution in [3.63, 3.8) is 0 Å². The zero-order valence-electron chi connectivity index (χ0n) is 6.60. The number of hydrogen-bond donors (Lipinski definition) is 1. The number of hydrogen-bond acceptors (Lipinski definition) is 3. The van der Waals surface area contributed by atoms with Crippen LogP contribution in [0.3, 0.4) is 0 Å². The smallest absolute Gasteiger partial charge is 0.235 e. The summed E-state index contributed by atoms with van der Waals surface area (Å²) in [5, 5.41) is 0. The van der Waals surface area contributed by atoms with Crippen LogP contribution >= 0.6 is 0 Å². The van der Waals surface area contributed by atoms with Crippen LogP contribution in [0.1, 0.15) is 20.8 Å². The summed E-state index contributed by atoms with van der Waals surface area (Å²) < 4.78 is 5.28. The van der Waals surface area contributed by atoms with Gasteiger partial charge in [0.2, 0.25) is 11.7 Å². The summed E-state index contributed by atoms with van der Waals surface area (Å²) in [5.74, 6) is 0.243.